The number of rotatable bonds is 9. The van der Waals surface area contributed by atoms with Gasteiger partial charge in [-0.3, -0.25) is 15.0 Å². The van der Waals surface area contributed by atoms with E-state index in [-0.39, 0.29) is 0 Å². The summed E-state index contributed by atoms with van der Waals surface area (Å²) in [6.45, 7) is 2.16. The molecule has 0 unspecified atom stereocenters. The smallest absolute Gasteiger partial charge is 0.0885 e. The van der Waals surface area contributed by atoms with Crippen LogP contribution in [0.25, 0.3) is 33.3 Å². The van der Waals surface area contributed by atoms with Crippen molar-refractivity contribution in [2.45, 2.75) is 6.92 Å². The number of aryl methyl sites for hydroxylation is 1. The Kier molecular flexibility index (Phi) is 8.83. The van der Waals surface area contributed by atoms with Crippen molar-refractivity contribution < 1.29 is 0 Å². The predicted molar refractivity (Wildman–Crippen MR) is 213 cm³/mol. The molecule has 0 aliphatic heterocycles. The summed E-state index contributed by atoms with van der Waals surface area (Å²) >= 11 is 0. The summed E-state index contributed by atoms with van der Waals surface area (Å²) in [5.41, 5.74) is 12.1. The van der Waals surface area contributed by atoms with Crippen molar-refractivity contribution in [3.8, 4) is 22.5 Å². The molecular formula is C46H35N5. The van der Waals surface area contributed by atoms with Crippen LogP contribution in [0, 0.1) is 6.92 Å². The second-order valence-electron chi connectivity index (χ2n) is 12.3. The lowest BCUT2D eigenvalue weighted by Crippen LogP contribution is -2.11. The zero-order chi connectivity index (χ0) is 34.4. The molecule has 1 heterocycles. The average Bonchev–Trinajstić information content (AvgIpc) is 3.19. The van der Waals surface area contributed by atoms with Gasteiger partial charge in [-0.15, -0.1) is 0 Å². The van der Waals surface area contributed by atoms with Crippen molar-refractivity contribution in [3.63, 3.8) is 0 Å². The van der Waals surface area contributed by atoms with Crippen LogP contribution in [0.2, 0.25) is 0 Å². The van der Waals surface area contributed by atoms with Gasteiger partial charge in [0.1, 0.15) is 0 Å². The van der Waals surface area contributed by atoms with Crippen molar-refractivity contribution in [2.24, 2.45) is 4.99 Å². The number of para-hydroxylation sites is 4. The molecule has 244 valence electrons. The largest absolute Gasteiger partial charge is 0.354 e. The highest BCUT2D eigenvalue weighted by Gasteiger charge is 2.17. The van der Waals surface area contributed by atoms with Crippen LogP contribution in [0.1, 0.15) is 11.1 Å². The molecule has 0 saturated carbocycles. The van der Waals surface area contributed by atoms with E-state index in [9.17, 15) is 0 Å². The monoisotopic (exact) mass is 657 g/mol. The van der Waals surface area contributed by atoms with E-state index in [4.69, 9.17) is 15.0 Å². The third-order valence-electron chi connectivity index (χ3n) is 8.95. The van der Waals surface area contributed by atoms with Crippen LogP contribution in [-0.2, 0) is 0 Å². The second-order valence-corrected chi connectivity index (χ2v) is 12.3. The number of anilines is 5. The van der Waals surface area contributed by atoms with Gasteiger partial charge in [-0.25, -0.2) is 0 Å². The SMILES string of the molecule is Cc1ccccc1N(c1ccc(-c2cnc(-c3ccc(/C=N/c4ccccc4Nc4ccccc4)cc3)cn2)cc1)c1cccc2ccccc12. The fraction of sp³-hybridized carbons (Fsp3) is 0.0217. The number of hydrogen-bond donors (Lipinski definition) is 1. The Morgan fingerprint density at radius 3 is 1.90 bits per heavy atom. The number of benzene rings is 7. The first-order chi connectivity index (χ1) is 25.2. The molecule has 0 amide bonds. The van der Waals surface area contributed by atoms with Crippen LogP contribution < -0.4 is 10.2 Å². The highest BCUT2D eigenvalue weighted by Crippen LogP contribution is 2.40. The molecule has 0 atom stereocenters. The third-order valence-corrected chi connectivity index (χ3v) is 8.95. The van der Waals surface area contributed by atoms with E-state index in [2.05, 4.69) is 132 Å². The maximum Gasteiger partial charge on any atom is 0.0885 e. The van der Waals surface area contributed by atoms with Crippen molar-refractivity contribution >= 4 is 51.1 Å². The van der Waals surface area contributed by atoms with Gasteiger partial charge in [0.05, 0.1) is 40.8 Å². The minimum absolute atomic E-state index is 0.818. The molecule has 0 fully saturated rings. The Morgan fingerprint density at radius 2 is 1.16 bits per heavy atom. The van der Waals surface area contributed by atoms with Crippen LogP contribution in [0.3, 0.4) is 0 Å². The predicted octanol–water partition coefficient (Wildman–Crippen LogP) is 12.2. The Labute approximate surface area is 298 Å². The molecule has 0 bridgehead atoms. The molecule has 1 N–H and O–H groups in total. The van der Waals surface area contributed by atoms with Crippen LogP contribution >= 0.6 is 0 Å². The van der Waals surface area contributed by atoms with Crippen LogP contribution in [0.5, 0.6) is 0 Å². The standard InChI is InChI=1S/C46H35N5/c1-33-12-5-10-20-45(33)51(46-21-11-14-35-13-6-7-17-40(35)46)39-28-26-37(27-29-39)44-32-48-43(31-49-44)36-24-22-34(23-25-36)30-47-41-18-8-9-19-42(41)50-38-15-3-2-4-16-38/h2-32,50H,1H3/b47-30+. The normalized spacial score (nSPS) is 11.2. The minimum atomic E-state index is 0.818. The van der Waals surface area contributed by atoms with Crippen molar-refractivity contribution in [1.29, 1.82) is 0 Å². The summed E-state index contributed by atoms with van der Waals surface area (Å²) in [5.74, 6) is 0. The van der Waals surface area contributed by atoms with E-state index in [1.54, 1.807) is 0 Å². The van der Waals surface area contributed by atoms with Crippen LogP contribution in [-0.4, -0.2) is 16.2 Å². The van der Waals surface area contributed by atoms with Gasteiger partial charge >= 0.3 is 0 Å². The molecule has 0 spiro atoms. The number of aliphatic imine (C=N–C) groups is 1. The van der Waals surface area contributed by atoms with Gasteiger partial charge in [0.15, 0.2) is 0 Å². The first-order valence-corrected chi connectivity index (χ1v) is 17.0. The molecule has 0 saturated heterocycles. The van der Waals surface area contributed by atoms with Gasteiger partial charge < -0.3 is 10.2 Å². The summed E-state index contributed by atoms with van der Waals surface area (Å²) in [4.78, 5) is 16.7. The second kappa shape index (κ2) is 14.3. The lowest BCUT2D eigenvalue weighted by atomic mass is 10.0. The quantitative estimate of drug-likeness (QED) is 0.157. The van der Waals surface area contributed by atoms with E-state index in [0.29, 0.717) is 0 Å². The van der Waals surface area contributed by atoms with E-state index in [1.807, 2.05) is 73.2 Å². The highest BCUT2D eigenvalue weighted by molar-refractivity contribution is 5.99. The lowest BCUT2D eigenvalue weighted by molar-refractivity contribution is 1.21. The van der Waals surface area contributed by atoms with E-state index >= 15 is 0 Å². The molecule has 0 radical (unpaired) electrons. The van der Waals surface area contributed by atoms with Crippen molar-refractivity contribution in [1.82, 2.24) is 9.97 Å². The van der Waals surface area contributed by atoms with Crippen molar-refractivity contribution in [2.75, 3.05) is 10.2 Å². The zero-order valence-corrected chi connectivity index (χ0v) is 28.2. The number of nitrogens with one attached hydrogen (secondary N) is 1. The first-order valence-electron chi connectivity index (χ1n) is 17.0. The fourth-order valence-corrected chi connectivity index (χ4v) is 6.29. The van der Waals surface area contributed by atoms with Gasteiger partial charge in [-0.1, -0.05) is 121 Å². The summed E-state index contributed by atoms with van der Waals surface area (Å²) in [6.07, 6.45) is 5.57. The highest BCUT2D eigenvalue weighted by atomic mass is 15.1. The van der Waals surface area contributed by atoms with Crippen LogP contribution in [0.4, 0.5) is 34.1 Å². The Balaban J connectivity index is 1.00. The molecule has 8 rings (SSSR count). The van der Waals surface area contributed by atoms with E-state index < -0.39 is 0 Å². The molecule has 0 aliphatic carbocycles. The molecule has 5 heteroatoms. The van der Waals surface area contributed by atoms with Gasteiger partial charge in [0, 0.05) is 39.8 Å². The zero-order valence-electron chi connectivity index (χ0n) is 28.2. The maximum absolute atomic E-state index is 4.80. The molecule has 8 aromatic rings. The number of aromatic nitrogens is 2. The average molecular weight is 658 g/mol. The molecule has 7 aromatic carbocycles. The fourth-order valence-electron chi connectivity index (χ4n) is 6.29. The number of hydrogen-bond acceptors (Lipinski definition) is 5. The van der Waals surface area contributed by atoms with Crippen molar-refractivity contribution in [3.05, 3.63) is 193 Å². The van der Waals surface area contributed by atoms with Gasteiger partial charge in [-0.2, -0.15) is 0 Å². The summed E-state index contributed by atoms with van der Waals surface area (Å²) < 4.78 is 0. The number of nitrogens with zero attached hydrogens (tertiary/aromatic N) is 4. The summed E-state index contributed by atoms with van der Waals surface area (Å²) in [7, 11) is 0. The third kappa shape index (κ3) is 6.87. The van der Waals surface area contributed by atoms with Crippen LogP contribution in [0.15, 0.2) is 187 Å². The molecule has 5 nitrogen and oxygen atoms in total. The lowest BCUT2D eigenvalue weighted by Gasteiger charge is -2.28. The topological polar surface area (TPSA) is 53.4 Å². The Hall–Kier alpha value is -6.85. The van der Waals surface area contributed by atoms with E-state index in [0.717, 1.165) is 62.2 Å². The minimum Gasteiger partial charge on any atom is -0.354 e. The van der Waals surface area contributed by atoms with E-state index in [1.165, 1.54) is 16.3 Å². The Morgan fingerprint density at radius 1 is 0.549 bits per heavy atom. The number of fused-ring (bicyclic) bond motifs is 1. The molecule has 1 aromatic heterocycles. The molecular weight excluding hydrogens is 623 g/mol. The van der Waals surface area contributed by atoms with Gasteiger partial charge in [0.25, 0.3) is 0 Å². The van der Waals surface area contributed by atoms with Gasteiger partial charge in [-0.05, 0) is 72.0 Å². The summed E-state index contributed by atoms with van der Waals surface area (Å²) in [6, 6.07) is 58.5. The molecule has 0 aliphatic rings. The first kappa shape index (κ1) is 31.4. The summed E-state index contributed by atoms with van der Waals surface area (Å²) in [5, 5.41) is 5.87. The Bertz CT molecular complexity index is 2430. The molecule has 51 heavy (non-hydrogen) atoms. The maximum atomic E-state index is 4.80. The van der Waals surface area contributed by atoms with Gasteiger partial charge in [0.2, 0.25) is 0 Å².